The van der Waals surface area contributed by atoms with Crippen molar-refractivity contribution in [3.8, 4) is 0 Å². The first kappa shape index (κ1) is 8.11. The molecule has 0 saturated carbocycles. The summed E-state index contributed by atoms with van der Waals surface area (Å²) < 4.78 is 4.86. The Labute approximate surface area is 66.4 Å². The summed E-state index contributed by atoms with van der Waals surface area (Å²) in [6, 6.07) is 0. The second kappa shape index (κ2) is 3.42. The SMILES string of the molecule is C=C1NCCC1C(=O)OCC. The largest absolute Gasteiger partial charge is 0.465 e. The van der Waals surface area contributed by atoms with Crippen molar-refractivity contribution in [2.45, 2.75) is 13.3 Å². The molecule has 3 nitrogen and oxygen atoms in total. The highest BCUT2D eigenvalue weighted by molar-refractivity contribution is 5.76. The molecule has 1 fully saturated rings. The fourth-order valence-corrected chi connectivity index (χ4v) is 1.18. The van der Waals surface area contributed by atoms with Gasteiger partial charge in [0.25, 0.3) is 0 Å². The van der Waals surface area contributed by atoms with Gasteiger partial charge in [0.15, 0.2) is 0 Å². The van der Waals surface area contributed by atoms with Crippen molar-refractivity contribution in [2.75, 3.05) is 13.2 Å². The molecule has 62 valence electrons. The first-order valence-electron chi connectivity index (χ1n) is 3.85. The minimum Gasteiger partial charge on any atom is -0.465 e. The Hall–Kier alpha value is -0.990. The number of rotatable bonds is 2. The van der Waals surface area contributed by atoms with Crippen LogP contribution in [0.2, 0.25) is 0 Å². The predicted molar refractivity (Wildman–Crippen MR) is 41.9 cm³/mol. The molecule has 0 radical (unpaired) electrons. The summed E-state index contributed by atoms with van der Waals surface area (Å²) in [4.78, 5) is 11.1. The summed E-state index contributed by atoms with van der Waals surface area (Å²) >= 11 is 0. The smallest absolute Gasteiger partial charge is 0.314 e. The minimum absolute atomic E-state index is 0.116. The van der Waals surface area contributed by atoms with Crippen molar-refractivity contribution in [1.82, 2.24) is 5.32 Å². The van der Waals surface area contributed by atoms with Gasteiger partial charge in [-0.3, -0.25) is 4.79 Å². The highest BCUT2D eigenvalue weighted by Crippen LogP contribution is 2.18. The van der Waals surface area contributed by atoms with E-state index in [0.29, 0.717) is 6.61 Å². The van der Waals surface area contributed by atoms with E-state index in [1.807, 2.05) is 6.92 Å². The van der Waals surface area contributed by atoms with Gasteiger partial charge < -0.3 is 10.1 Å². The molecule has 0 aliphatic carbocycles. The maximum absolute atomic E-state index is 11.1. The van der Waals surface area contributed by atoms with Crippen LogP contribution in [0.1, 0.15) is 13.3 Å². The number of carbonyl (C=O) groups excluding carboxylic acids is 1. The van der Waals surface area contributed by atoms with Gasteiger partial charge in [0.1, 0.15) is 0 Å². The average Bonchev–Trinajstić information content (AvgIpc) is 2.36. The Morgan fingerprint density at radius 3 is 3.09 bits per heavy atom. The molecule has 0 amide bonds. The number of carbonyl (C=O) groups is 1. The van der Waals surface area contributed by atoms with E-state index in [1.54, 1.807) is 0 Å². The van der Waals surface area contributed by atoms with Gasteiger partial charge in [0.2, 0.25) is 0 Å². The van der Waals surface area contributed by atoms with E-state index in [9.17, 15) is 4.79 Å². The van der Waals surface area contributed by atoms with Crippen LogP contribution >= 0.6 is 0 Å². The van der Waals surface area contributed by atoms with Crippen LogP contribution in [-0.4, -0.2) is 19.1 Å². The maximum atomic E-state index is 11.1. The highest BCUT2D eigenvalue weighted by Gasteiger charge is 2.26. The van der Waals surface area contributed by atoms with Gasteiger partial charge >= 0.3 is 5.97 Å². The van der Waals surface area contributed by atoms with Crippen molar-refractivity contribution in [2.24, 2.45) is 5.92 Å². The minimum atomic E-state index is -0.150. The molecule has 1 aliphatic rings. The Bertz CT molecular complexity index is 177. The molecule has 11 heavy (non-hydrogen) atoms. The number of hydrogen-bond acceptors (Lipinski definition) is 3. The van der Waals surface area contributed by atoms with Gasteiger partial charge in [-0.25, -0.2) is 0 Å². The van der Waals surface area contributed by atoms with Crippen LogP contribution in [0, 0.1) is 5.92 Å². The molecular weight excluding hydrogens is 142 g/mol. The molecule has 0 aromatic heterocycles. The van der Waals surface area contributed by atoms with E-state index in [4.69, 9.17) is 4.74 Å². The van der Waals surface area contributed by atoms with E-state index in [1.165, 1.54) is 0 Å². The van der Waals surface area contributed by atoms with Crippen molar-refractivity contribution in [1.29, 1.82) is 0 Å². The lowest BCUT2D eigenvalue weighted by Crippen LogP contribution is -2.17. The third kappa shape index (κ3) is 1.73. The van der Waals surface area contributed by atoms with Gasteiger partial charge in [0.05, 0.1) is 12.5 Å². The molecule has 1 atom stereocenters. The zero-order valence-corrected chi connectivity index (χ0v) is 6.72. The van der Waals surface area contributed by atoms with Crippen LogP contribution in [0.5, 0.6) is 0 Å². The van der Waals surface area contributed by atoms with Crippen LogP contribution in [-0.2, 0) is 9.53 Å². The van der Waals surface area contributed by atoms with E-state index in [2.05, 4.69) is 11.9 Å². The standard InChI is InChI=1S/C8H13NO2/c1-3-11-8(10)7-4-5-9-6(7)2/h7,9H,2-5H2,1H3. The number of hydrogen-bond donors (Lipinski definition) is 1. The molecule has 1 N–H and O–H groups in total. The van der Waals surface area contributed by atoms with Crippen LogP contribution in [0.4, 0.5) is 0 Å². The summed E-state index contributed by atoms with van der Waals surface area (Å²) in [6.07, 6.45) is 0.817. The average molecular weight is 155 g/mol. The monoisotopic (exact) mass is 155 g/mol. The molecule has 1 unspecified atom stereocenters. The Balaban J connectivity index is 2.46. The molecule has 1 heterocycles. The Kier molecular flexibility index (Phi) is 2.52. The topological polar surface area (TPSA) is 38.3 Å². The summed E-state index contributed by atoms with van der Waals surface area (Å²) in [7, 11) is 0. The highest BCUT2D eigenvalue weighted by atomic mass is 16.5. The zero-order valence-electron chi connectivity index (χ0n) is 6.72. The summed E-state index contributed by atoms with van der Waals surface area (Å²) in [6.45, 7) is 6.82. The van der Waals surface area contributed by atoms with Gasteiger partial charge in [-0.1, -0.05) is 6.58 Å². The number of esters is 1. The normalized spacial score (nSPS) is 23.0. The van der Waals surface area contributed by atoms with E-state index in [0.717, 1.165) is 18.7 Å². The van der Waals surface area contributed by atoms with Crippen LogP contribution in [0.25, 0.3) is 0 Å². The van der Waals surface area contributed by atoms with Crippen LogP contribution < -0.4 is 5.32 Å². The number of ether oxygens (including phenoxy) is 1. The van der Waals surface area contributed by atoms with E-state index in [-0.39, 0.29) is 11.9 Å². The van der Waals surface area contributed by atoms with E-state index < -0.39 is 0 Å². The number of nitrogens with one attached hydrogen (secondary N) is 1. The zero-order chi connectivity index (χ0) is 8.27. The van der Waals surface area contributed by atoms with Crippen molar-refractivity contribution < 1.29 is 9.53 Å². The Morgan fingerprint density at radius 1 is 1.91 bits per heavy atom. The Morgan fingerprint density at radius 2 is 2.64 bits per heavy atom. The maximum Gasteiger partial charge on any atom is 0.314 e. The summed E-state index contributed by atoms with van der Waals surface area (Å²) in [5, 5.41) is 3.01. The van der Waals surface area contributed by atoms with E-state index >= 15 is 0 Å². The summed E-state index contributed by atoms with van der Waals surface area (Å²) in [5.74, 6) is -0.266. The third-order valence-corrected chi connectivity index (χ3v) is 1.78. The predicted octanol–water partition coefficient (Wildman–Crippen LogP) is 0.673. The van der Waals surface area contributed by atoms with Crippen LogP contribution in [0.15, 0.2) is 12.3 Å². The van der Waals surface area contributed by atoms with Gasteiger partial charge in [-0.05, 0) is 13.3 Å². The van der Waals surface area contributed by atoms with Crippen molar-refractivity contribution >= 4 is 5.97 Å². The lowest BCUT2D eigenvalue weighted by molar-refractivity contribution is -0.146. The molecule has 0 bridgehead atoms. The summed E-state index contributed by atoms with van der Waals surface area (Å²) in [5.41, 5.74) is 0.795. The molecule has 1 rings (SSSR count). The molecule has 1 saturated heterocycles. The van der Waals surface area contributed by atoms with Gasteiger partial charge in [-0.15, -0.1) is 0 Å². The first-order chi connectivity index (χ1) is 5.25. The first-order valence-corrected chi connectivity index (χ1v) is 3.85. The second-order valence-corrected chi connectivity index (χ2v) is 2.55. The fraction of sp³-hybridized carbons (Fsp3) is 0.625. The second-order valence-electron chi connectivity index (χ2n) is 2.55. The fourth-order valence-electron chi connectivity index (χ4n) is 1.18. The molecule has 0 aromatic rings. The van der Waals surface area contributed by atoms with Crippen molar-refractivity contribution in [3.63, 3.8) is 0 Å². The molecule has 1 aliphatic heterocycles. The van der Waals surface area contributed by atoms with Crippen LogP contribution in [0.3, 0.4) is 0 Å². The van der Waals surface area contributed by atoms with Gasteiger partial charge in [-0.2, -0.15) is 0 Å². The molecule has 0 aromatic carbocycles. The van der Waals surface area contributed by atoms with Crippen molar-refractivity contribution in [3.05, 3.63) is 12.3 Å². The molecule has 0 spiro atoms. The lowest BCUT2D eigenvalue weighted by Gasteiger charge is -2.07. The quantitative estimate of drug-likeness (QED) is 0.596. The third-order valence-electron chi connectivity index (χ3n) is 1.78. The molecule has 3 heteroatoms. The lowest BCUT2D eigenvalue weighted by atomic mass is 10.1. The van der Waals surface area contributed by atoms with Gasteiger partial charge in [0, 0.05) is 12.2 Å². The molecular formula is C8H13NO2.